The number of piperazine rings is 1. The van der Waals surface area contributed by atoms with E-state index in [1.807, 2.05) is 18.9 Å². The van der Waals surface area contributed by atoms with Gasteiger partial charge in [0.25, 0.3) is 5.91 Å². The van der Waals surface area contributed by atoms with Gasteiger partial charge in [0.2, 0.25) is 0 Å². The molecule has 1 aromatic heterocycles. The summed E-state index contributed by atoms with van der Waals surface area (Å²) < 4.78 is 13.9. The number of amides is 1. The minimum atomic E-state index is -0.310. The van der Waals surface area contributed by atoms with Crippen LogP contribution in [0.4, 0.5) is 4.39 Å². The van der Waals surface area contributed by atoms with Crippen molar-refractivity contribution in [2.75, 3.05) is 33.2 Å². The number of benzene rings is 1. The Kier molecular flexibility index (Phi) is 4.22. The third kappa shape index (κ3) is 2.89. The van der Waals surface area contributed by atoms with Crippen LogP contribution < -0.4 is 0 Å². The zero-order valence-electron chi connectivity index (χ0n) is 12.7. The van der Waals surface area contributed by atoms with Gasteiger partial charge >= 0.3 is 0 Å². The second-order valence-corrected chi connectivity index (χ2v) is 6.70. The zero-order chi connectivity index (χ0) is 15.7. The molecule has 1 aliphatic heterocycles. The fraction of sp³-hybridized carbons (Fsp3) is 0.375. The van der Waals surface area contributed by atoms with Gasteiger partial charge in [-0.1, -0.05) is 12.1 Å². The maximum absolute atomic E-state index is 13.9. The molecule has 0 spiro atoms. The maximum Gasteiger partial charge on any atom is 0.273 e. The first kappa shape index (κ1) is 15.1. The van der Waals surface area contributed by atoms with E-state index in [-0.39, 0.29) is 11.7 Å². The number of aryl methyl sites for hydroxylation is 1. The third-order valence-corrected chi connectivity index (χ3v) is 4.90. The highest BCUT2D eigenvalue weighted by atomic mass is 32.1. The Labute approximate surface area is 133 Å². The molecule has 0 unspecified atom stereocenters. The summed E-state index contributed by atoms with van der Waals surface area (Å²) in [6.07, 6.45) is 0. The number of aromatic nitrogens is 1. The van der Waals surface area contributed by atoms with Crippen molar-refractivity contribution in [1.29, 1.82) is 0 Å². The van der Waals surface area contributed by atoms with Gasteiger partial charge in [-0.15, -0.1) is 11.3 Å². The Hall–Kier alpha value is -1.79. The van der Waals surface area contributed by atoms with Gasteiger partial charge in [0.1, 0.15) is 16.5 Å². The molecule has 0 radical (unpaired) electrons. The molecular formula is C16H18FN3OS. The largest absolute Gasteiger partial charge is 0.335 e. The molecule has 0 atom stereocenters. The number of hydrogen-bond acceptors (Lipinski definition) is 4. The van der Waals surface area contributed by atoms with Crippen molar-refractivity contribution >= 4 is 17.2 Å². The lowest BCUT2D eigenvalue weighted by molar-refractivity contribution is 0.0658. The molecule has 1 fully saturated rings. The SMILES string of the molecule is Cc1sc(-c2ccccc2F)nc1C(=O)N1CCN(C)CC1. The van der Waals surface area contributed by atoms with E-state index in [4.69, 9.17) is 0 Å². The molecule has 1 aromatic carbocycles. The van der Waals surface area contributed by atoms with Crippen molar-refractivity contribution in [1.82, 2.24) is 14.8 Å². The minimum absolute atomic E-state index is 0.0514. The predicted octanol–water partition coefficient (Wildman–Crippen LogP) is 2.65. The summed E-state index contributed by atoms with van der Waals surface area (Å²) in [6.45, 7) is 5.03. The highest BCUT2D eigenvalue weighted by molar-refractivity contribution is 7.15. The summed E-state index contributed by atoms with van der Waals surface area (Å²) in [6, 6.07) is 6.53. The Morgan fingerprint density at radius 1 is 1.23 bits per heavy atom. The van der Waals surface area contributed by atoms with Crippen molar-refractivity contribution in [3.8, 4) is 10.6 Å². The Morgan fingerprint density at radius 3 is 2.59 bits per heavy atom. The first-order valence-corrected chi connectivity index (χ1v) is 8.08. The number of hydrogen-bond donors (Lipinski definition) is 0. The lowest BCUT2D eigenvalue weighted by Gasteiger charge is -2.32. The molecule has 0 bridgehead atoms. The van der Waals surface area contributed by atoms with Crippen LogP contribution >= 0.6 is 11.3 Å². The highest BCUT2D eigenvalue weighted by Crippen LogP contribution is 2.30. The first-order chi connectivity index (χ1) is 10.6. The number of nitrogens with zero attached hydrogens (tertiary/aromatic N) is 3. The molecule has 2 heterocycles. The summed E-state index contributed by atoms with van der Waals surface area (Å²) in [4.78, 5) is 21.9. The van der Waals surface area contributed by atoms with E-state index in [0.717, 1.165) is 18.0 Å². The van der Waals surface area contributed by atoms with Gasteiger partial charge in [-0.25, -0.2) is 9.37 Å². The maximum atomic E-state index is 13.9. The number of carbonyl (C=O) groups excluding carboxylic acids is 1. The van der Waals surface area contributed by atoms with Crippen molar-refractivity contribution in [3.05, 3.63) is 40.7 Å². The molecule has 0 aliphatic carbocycles. The molecule has 3 rings (SSSR count). The molecule has 22 heavy (non-hydrogen) atoms. The number of rotatable bonds is 2. The van der Waals surface area contributed by atoms with Crippen LogP contribution in [0.15, 0.2) is 24.3 Å². The normalized spacial score (nSPS) is 16.0. The number of likely N-dealkylation sites (N-methyl/N-ethyl adjacent to an activating group) is 1. The van der Waals surface area contributed by atoms with E-state index in [2.05, 4.69) is 9.88 Å². The summed E-state index contributed by atoms with van der Waals surface area (Å²) in [5.74, 6) is -0.362. The van der Waals surface area contributed by atoms with E-state index in [1.165, 1.54) is 17.4 Å². The summed E-state index contributed by atoms with van der Waals surface area (Å²) >= 11 is 1.37. The average Bonchev–Trinajstić information content (AvgIpc) is 2.89. The molecule has 6 heteroatoms. The summed E-state index contributed by atoms with van der Waals surface area (Å²) in [5.41, 5.74) is 0.904. The highest BCUT2D eigenvalue weighted by Gasteiger charge is 2.25. The third-order valence-electron chi connectivity index (χ3n) is 3.89. The fourth-order valence-electron chi connectivity index (χ4n) is 2.50. The van der Waals surface area contributed by atoms with E-state index in [1.54, 1.807) is 18.2 Å². The van der Waals surface area contributed by atoms with Crippen LogP contribution in [-0.2, 0) is 0 Å². The van der Waals surface area contributed by atoms with E-state index in [0.29, 0.717) is 29.4 Å². The van der Waals surface area contributed by atoms with Gasteiger partial charge in [0.05, 0.1) is 0 Å². The van der Waals surface area contributed by atoms with Crippen molar-refractivity contribution in [3.63, 3.8) is 0 Å². The zero-order valence-corrected chi connectivity index (χ0v) is 13.5. The second-order valence-electron chi connectivity index (χ2n) is 5.50. The monoisotopic (exact) mass is 319 g/mol. The number of carbonyl (C=O) groups is 1. The van der Waals surface area contributed by atoms with Crippen LogP contribution in [0.3, 0.4) is 0 Å². The van der Waals surface area contributed by atoms with Crippen LogP contribution in [0.25, 0.3) is 10.6 Å². The minimum Gasteiger partial charge on any atom is -0.335 e. The smallest absolute Gasteiger partial charge is 0.273 e. The van der Waals surface area contributed by atoms with Gasteiger partial charge in [-0.2, -0.15) is 0 Å². The standard InChI is InChI=1S/C16H18FN3OS/c1-11-14(16(21)20-9-7-19(2)8-10-20)18-15(22-11)12-5-3-4-6-13(12)17/h3-6H,7-10H2,1-2H3. The van der Waals surface area contributed by atoms with Gasteiger partial charge in [-0.3, -0.25) is 4.79 Å². The molecule has 4 nitrogen and oxygen atoms in total. The second kappa shape index (κ2) is 6.14. The molecule has 1 amide bonds. The summed E-state index contributed by atoms with van der Waals surface area (Å²) in [5, 5.41) is 0.563. The van der Waals surface area contributed by atoms with E-state index >= 15 is 0 Å². The van der Waals surface area contributed by atoms with E-state index < -0.39 is 0 Å². The number of halogens is 1. The fourth-order valence-corrected chi connectivity index (χ4v) is 3.44. The van der Waals surface area contributed by atoms with Crippen LogP contribution in [0.2, 0.25) is 0 Å². The molecule has 116 valence electrons. The van der Waals surface area contributed by atoms with Crippen LogP contribution in [-0.4, -0.2) is 53.9 Å². The average molecular weight is 319 g/mol. The molecule has 0 N–H and O–H groups in total. The lowest BCUT2D eigenvalue weighted by atomic mass is 10.2. The molecule has 1 saturated heterocycles. The molecule has 1 aliphatic rings. The van der Waals surface area contributed by atoms with Gasteiger partial charge < -0.3 is 9.80 Å². The van der Waals surface area contributed by atoms with Crippen molar-refractivity contribution in [2.45, 2.75) is 6.92 Å². The Bertz CT molecular complexity index is 692. The Balaban J connectivity index is 1.86. The first-order valence-electron chi connectivity index (χ1n) is 7.26. The predicted molar refractivity (Wildman–Crippen MR) is 85.6 cm³/mol. The molecule has 2 aromatic rings. The molecule has 0 saturated carbocycles. The quantitative estimate of drug-likeness (QED) is 0.854. The molecular weight excluding hydrogens is 301 g/mol. The van der Waals surface area contributed by atoms with Gasteiger partial charge in [-0.05, 0) is 26.1 Å². The topological polar surface area (TPSA) is 36.4 Å². The van der Waals surface area contributed by atoms with E-state index in [9.17, 15) is 9.18 Å². The van der Waals surface area contributed by atoms with Crippen LogP contribution in [0, 0.1) is 12.7 Å². The van der Waals surface area contributed by atoms with Crippen LogP contribution in [0.5, 0.6) is 0 Å². The summed E-state index contributed by atoms with van der Waals surface area (Å²) in [7, 11) is 2.05. The number of thiazole rings is 1. The van der Waals surface area contributed by atoms with Crippen LogP contribution in [0.1, 0.15) is 15.4 Å². The van der Waals surface area contributed by atoms with Gasteiger partial charge in [0, 0.05) is 36.6 Å². The van der Waals surface area contributed by atoms with Crippen molar-refractivity contribution < 1.29 is 9.18 Å². The van der Waals surface area contributed by atoms with Gasteiger partial charge in [0.15, 0.2) is 0 Å². The lowest BCUT2D eigenvalue weighted by Crippen LogP contribution is -2.47. The van der Waals surface area contributed by atoms with Crippen molar-refractivity contribution in [2.24, 2.45) is 0 Å². The Morgan fingerprint density at radius 2 is 1.91 bits per heavy atom.